The second kappa shape index (κ2) is 7.84. The average molecular weight is 288 g/mol. The van der Waals surface area contributed by atoms with Crippen molar-refractivity contribution in [3.63, 3.8) is 0 Å². The molecule has 1 fully saturated rings. The van der Waals surface area contributed by atoms with E-state index in [4.69, 9.17) is 4.74 Å². The van der Waals surface area contributed by atoms with Gasteiger partial charge < -0.3 is 15.0 Å². The number of likely N-dealkylation sites (tertiary alicyclic amines) is 1. The topological polar surface area (TPSA) is 41.6 Å². The molecule has 0 radical (unpaired) electrons. The van der Waals surface area contributed by atoms with Crippen molar-refractivity contribution in [2.45, 2.75) is 32.4 Å². The summed E-state index contributed by atoms with van der Waals surface area (Å²) in [5.74, 6) is 1.04. The van der Waals surface area contributed by atoms with Gasteiger partial charge in [-0.05, 0) is 37.5 Å². The zero-order valence-corrected chi connectivity index (χ0v) is 12.7. The van der Waals surface area contributed by atoms with Gasteiger partial charge in [-0.3, -0.25) is 4.79 Å². The van der Waals surface area contributed by atoms with Crippen molar-refractivity contribution in [1.82, 2.24) is 10.2 Å². The zero-order chi connectivity index (χ0) is 15.1. The molecule has 0 saturated carbocycles. The molecule has 1 aliphatic heterocycles. The van der Waals surface area contributed by atoms with Gasteiger partial charge in [0.1, 0.15) is 12.4 Å². The van der Waals surface area contributed by atoms with Crippen LogP contribution >= 0.6 is 0 Å². The van der Waals surface area contributed by atoms with Crippen LogP contribution in [0.1, 0.15) is 25.3 Å². The summed E-state index contributed by atoms with van der Waals surface area (Å²) in [4.78, 5) is 14.1. The van der Waals surface area contributed by atoms with E-state index in [1.165, 1.54) is 0 Å². The van der Waals surface area contributed by atoms with Gasteiger partial charge in [0.25, 0.3) is 0 Å². The number of benzene rings is 1. The van der Waals surface area contributed by atoms with E-state index in [0.29, 0.717) is 13.2 Å². The van der Waals surface area contributed by atoms with Crippen LogP contribution in [-0.4, -0.2) is 36.5 Å². The van der Waals surface area contributed by atoms with E-state index in [-0.39, 0.29) is 11.9 Å². The summed E-state index contributed by atoms with van der Waals surface area (Å²) in [5, 5.41) is 3.29. The van der Waals surface area contributed by atoms with E-state index in [2.05, 4.69) is 11.9 Å². The summed E-state index contributed by atoms with van der Waals surface area (Å²) < 4.78 is 5.44. The monoisotopic (exact) mass is 288 g/mol. The van der Waals surface area contributed by atoms with Gasteiger partial charge in [0.05, 0.1) is 6.04 Å². The Bertz CT molecular complexity index is 464. The second-order valence-corrected chi connectivity index (χ2v) is 5.38. The lowest BCUT2D eigenvalue weighted by molar-refractivity contribution is -0.131. The van der Waals surface area contributed by atoms with Gasteiger partial charge >= 0.3 is 0 Å². The van der Waals surface area contributed by atoms with Gasteiger partial charge in [-0.1, -0.05) is 24.8 Å². The molecule has 1 unspecified atom stereocenters. The fourth-order valence-corrected chi connectivity index (χ4v) is 2.43. The third kappa shape index (κ3) is 4.60. The van der Waals surface area contributed by atoms with Crippen LogP contribution in [0.2, 0.25) is 0 Å². The second-order valence-electron chi connectivity index (χ2n) is 5.38. The minimum Gasteiger partial charge on any atom is -0.490 e. The van der Waals surface area contributed by atoms with Gasteiger partial charge in [0.2, 0.25) is 5.91 Å². The van der Waals surface area contributed by atoms with Crippen LogP contribution in [0, 0.1) is 0 Å². The molecule has 1 saturated heterocycles. The Kier molecular flexibility index (Phi) is 5.81. The largest absolute Gasteiger partial charge is 0.490 e. The highest BCUT2D eigenvalue weighted by molar-refractivity contribution is 5.81. The summed E-state index contributed by atoms with van der Waals surface area (Å²) in [7, 11) is 0. The third-order valence-corrected chi connectivity index (χ3v) is 3.69. The molecule has 1 aromatic carbocycles. The highest BCUT2D eigenvalue weighted by Crippen LogP contribution is 2.13. The maximum Gasteiger partial charge on any atom is 0.239 e. The molecule has 0 bridgehead atoms. The van der Waals surface area contributed by atoms with Crippen LogP contribution in [-0.2, 0) is 11.3 Å². The lowest BCUT2D eigenvalue weighted by Gasteiger charge is -2.21. The summed E-state index contributed by atoms with van der Waals surface area (Å²) in [5.41, 5.74) is 1.14. The first-order valence-electron chi connectivity index (χ1n) is 7.55. The molecule has 1 amide bonds. The molecule has 114 valence electrons. The van der Waals surface area contributed by atoms with Crippen LogP contribution in [0.4, 0.5) is 0 Å². The lowest BCUT2D eigenvalue weighted by Crippen LogP contribution is -2.43. The summed E-state index contributed by atoms with van der Waals surface area (Å²) in [6, 6.07) is 7.76. The maximum atomic E-state index is 12.2. The van der Waals surface area contributed by atoms with Gasteiger partial charge in [-0.25, -0.2) is 0 Å². The van der Waals surface area contributed by atoms with E-state index in [9.17, 15) is 4.79 Å². The van der Waals surface area contributed by atoms with Crippen molar-refractivity contribution in [3.8, 4) is 5.75 Å². The minimum absolute atomic E-state index is 0.139. The normalized spacial score (nSPS) is 15.8. The molecule has 0 aliphatic carbocycles. The lowest BCUT2D eigenvalue weighted by atomic mass is 10.2. The molecular weight excluding hydrogens is 264 g/mol. The highest BCUT2D eigenvalue weighted by atomic mass is 16.5. The fourth-order valence-electron chi connectivity index (χ4n) is 2.43. The van der Waals surface area contributed by atoms with Crippen LogP contribution in [0.15, 0.2) is 36.9 Å². The van der Waals surface area contributed by atoms with Crippen molar-refractivity contribution >= 4 is 5.91 Å². The number of ether oxygens (including phenoxy) is 1. The Balaban J connectivity index is 1.78. The Morgan fingerprint density at radius 3 is 2.67 bits per heavy atom. The van der Waals surface area contributed by atoms with Crippen LogP contribution in [0.3, 0.4) is 0 Å². The molecule has 2 rings (SSSR count). The number of hydrogen-bond donors (Lipinski definition) is 1. The van der Waals surface area contributed by atoms with Crippen molar-refractivity contribution in [2.24, 2.45) is 0 Å². The predicted molar refractivity (Wildman–Crippen MR) is 84.2 cm³/mol. The molecule has 1 heterocycles. The number of nitrogens with zero attached hydrogens (tertiary/aromatic N) is 1. The van der Waals surface area contributed by atoms with Gasteiger partial charge in [-0.15, -0.1) is 0 Å². The third-order valence-electron chi connectivity index (χ3n) is 3.69. The molecule has 0 aromatic heterocycles. The van der Waals surface area contributed by atoms with E-state index < -0.39 is 0 Å². The Morgan fingerprint density at radius 1 is 1.38 bits per heavy atom. The first-order chi connectivity index (χ1) is 10.2. The maximum absolute atomic E-state index is 12.2. The quantitative estimate of drug-likeness (QED) is 0.783. The van der Waals surface area contributed by atoms with Crippen LogP contribution in [0.5, 0.6) is 5.75 Å². The zero-order valence-electron chi connectivity index (χ0n) is 12.7. The summed E-state index contributed by atoms with van der Waals surface area (Å²) >= 11 is 0. The molecule has 1 aromatic rings. The van der Waals surface area contributed by atoms with E-state index in [1.54, 1.807) is 6.08 Å². The predicted octanol–water partition coefficient (Wildman–Crippen LogP) is 2.35. The molecular formula is C17H24N2O2. The number of amides is 1. The molecule has 1 atom stereocenters. The Hall–Kier alpha value is -1.81. The smallest absolute Gasteiger partial charge is 0.239 e. The fraction of sp³-hybridized carbons (Fsp3) is 0.471. The molecule has 1 N–H and O–H groups in total. The molecule has 4 heteroatoms. The average Bonchev–Trinajstić information content (AvgIpc) is 3.05. The molecule has 1 aliphatic rings. The first kappa shape index (κ1) is 15.6. The van der Waals surface area contributed by atoms with Gasteiger partial charge in [0.15, 0.2) is 0 Å². The number of nitrogens with one attached hydrogen (secondary N) is 1. The number of carbonyl (C=O) groups excluding carboxylic acids is 1. The Morgan fingerprint density at radius 2 is 2.05 bits per heavy atom. The van der Waals surface area contributed by atoms with Crippen LogP contribution < -0.4 is 10.1 Å². The van der Waals surface area contributed by atoms with E-state index in [1.807, 2.05) is 36.1 Å². The van der Waals surface area contributed by atoms with Crippen molar-refractivity contribution in [3.05, 3.63) is 42.5 Å². The number of hydrogen-bond acceptors (Lipinski definition) is 3. The summed E-state index contributed by atoms with van der Waals surface area (Å²) in [6.45, 7) is 8.55. The van der Waals surface area contributed by atoms with Crippen molar-refractivity contribution < 1.29 is 9.53 Å². The summed E-state index contributed by atoms with van der Waals surface area (Å²) in [6.07, 6.45) is 3.98. The molecule has 0 spiro atoms. The number of rotatable bonds is 7. The van der Waals surface area contributed by atoms with Crippen molar-refractivity contribution in [2.75, 3.05) is 19.7 Å². The highest BCUT2D eigenvalue weighted by Gasteiger charge is 2.22. The minimum atomic E-state index is -0.139. The first-order valence-corrected chi connectivity index (χ1v) is 7.55. The van der Waals surface area contributed by atoms with Gasteiger partial charge in [-0.2, -0.15) is 0 Å². The molecule has 21 heavy (non-hydrogen) atoms. The molecule has 4 nitrogen and oxygen atoms in total. The van der Waals surface area contributed by atoms with E-state index >= 15 is 0 Å². The number of carbonyl (C=O) groups is 1. The SMILES string of the molecule is C=CCOc1ccc(CNC(C)C(=O)N2CCCC2)cc1. The van der Waals surface area contributed by atoms with E-state index in [0.717, 1.165) is 37.2 Å². The van der Waals surface area contributed by atoms with Crippen molar-refractivity contribution in [1.29, 1.82) is 0 Å². The van der Waals surface area contributed by atoms with Gasteiger partial charge in [0, 0.05) is 19.6 Å². The Labute approximate surface area is 126 Å². The van der Waals surface area contributed by atoms with Crippen LogP contribution in [0.25, 0.3) is 0 Å². The standard InChI is InChI=1S/C17H24N2O2/c1-3-12-21-16-8-6-15(7-9-16)13-18-14(2)17(20)19-10-4-5-11-19/h3,6-9,14,18H,1,4-5,10-13H2,2H3.